The second kappa shape index (κ2) is 8.46. The molecule has 1 aromatic rings. The van der Waals surface area contributed by atoms with Crippen molar-refractivity contribution in [3.8, 4) is 6.07 Å². The van der Waals surface area contributed by atoms with Gasteiger partial charge in [-0.15, -0.1) is 11.8 Å². The van der Waals surface area contributed by atoms with Crippen molar-refractivity contribution >= 4 is 11.8 Å². The van der Waals surface area contributed by atoms with E-state index in [-0.39, 0.29) is 5.54 Å². The second-order valence-corrected chi connectivity index (χ2v) is 7.46. The third-order valence-corrected chi connectivity index (χ3v) is 4.75. The van der Waals surface area contributed by atoms with Crippen LogP contribution in [0.2, 0.25) is 0 Å². The molecule has 0 aromatic heterocycles. The first-order chi connectivity index (χ1) is 9.86. The molecule has 0 bridgehead atoms. The summed E-state index contributed by atoms with van der Waals surface area (Å²) in [7, 11) is 0. The molecule has 1 unspecified atom stereocenters. The van der Waals surface area contributed by atoms with Crippen LogP contribution in [0, 0.1) is 25.2 Å². The van der Waals surface area contributed by atoms with Crippen molar-refractivity contribution in [1.82, 2.24) is 5.32 Å². The maximum Gasteiger partial charge on any atom is 0.104 e. The van der Waals surface area contributed by atoms with E-state index in [1.807, 2.05) is 18.7 Å². The van der Waals surface area contributed by atoms with Crippen LogP contribution in [0.3, 0.4) is 0 Å². The Morgan fingerprint density at radius 2 is 1.95 bits per heavy atom. The Hall–Kier alpha value is -0.980. The van der Waals surface area contributed by atoms with E-state index in [0.29, 0.717) is 6.04 Å². The Morgan fingerprint density at radius 3 is 2.52 bits per heavy atom. The van der Waals surface area contributed by atoms with Gasteiger partial charge in [-0.05, 0) is 82.9 Å². The minimum absolute atomic E-state index is 0.347. The summed E-state index contributed by atoms with van der Waals surface area (Å²) in [6.45, 7) is 10.5. The van der Waals surface area contributed by atoms with Crippen molar-refractivity contribution < 1.29 is 0 Å². The molecule has 0 saturated heterocycles. The lowest BCUT2D eigenvalue weighted by molar-refractivity contribution is 0.372. The highest BCUT2D eigenvalue weighted by molar-refractivity contribution is 7.99. The molecule has 0 aliphatic rings. The van der Waals surface area contributed by atoms with Crippen LogP contribution >= 0.6 is 11.8 Å². The highest BCUT2D eigenvalue weighted by Crippen LogP contribution is 2.23. The van der Waals surface area contributed by atoms with Gasteiger partial charge in [0.1, 0.15) is 5.54 Å². The number of hydrogen-bond donors (Lipinski definition) is 1. The fourth-order valence-corrected chi connectivity index (χ4v) is 3.38. The Balaban J connectivity index is 2.31. The predicted octanol–water partition coefficient (Wildman–Crippen LogP) is 4.85. The summed E-state index contributed by atoms with van der Waals surface area (Å²) in [4.78, 5) is 1.35. The first kappa shape index (κ1) is 18.1. The molecule has 0 radical (unpaired) electrons. The minimum atomic E-state index is -0.390. The number of unbranched alkanes of at least 4 members (excludes halogenated alkanes) is 1. The Bertz CT molecular complexity index is 490. The Morgan fingerprint density at radius 1 is 1.24 bits per heavy atom. The van der Waals surface area contributed by atoms with Crippen molar-refractivity contribution in [3.05, 3.63) is 29.3 Å². The van der Waals surface area contributed by atoms with Crippen molar-refractivity contribution in [2.45, 2.75) is 70.4 Å². The summed E-state index contributed by atoms with van der Waals surface area (Å²) < 4.78 is 0. The van der Waals surface area contributed by atoms with E-state index in [2.05, 4.69) is 57.3 Å². The van der Waals surface area contributed by atoms with E-state index < -0.39 is 0 Å². The van der Waals surface area contributed by atoms with E-state index in [4.69, 9.17) is 0 Å². The molecule has 0 spiro atoms. The average molecular weight is 305 g/mol. The smallest absolute Gasteiger partial charge is 0.104 e. The van der Waals surface area contributed by atoms with E-state index in [9.17, 15) is 5.26 Å². The minimum Gasteiger partial charge on any atom is -0.297 e. The third kappa shape index (κ3) is 6.54. The highest BCUT2D eigenvalue weighted by Gasteiger charge is 2.23. The quantitative estimate of drug-likeness (QED) is 0.551. The van der Waals surface area contributed by atoms with Gasteiger partial charge in [-0.3, -0.25) is 5.32 Å². The molecular formula is C18H28N2S. The molecule has 1 N–H and O–H groups in total. The molecule has 116 valence electrons. The number of nitrogens with one attached hydrogen (secondary N) is 1. The topological polar surface area (TPSA) is 35.8 Å². The number of hydrogen-bond acceptors (Lipinski definition) is 3. The summed E-state index contributed by atoms with van der Waals surface area (Å²) in [5.41, 5.74) is 2.32. The number of rotatable bonds is 8. The molecular weight excluding hydrogens is 276 g/mol. The Kier molecular flexibility index (Phi) is 7.28. The van der Waals surface area contributed by atoms with Gasteiger partial charge in [0.15, 0.2) is 0 Å². The number of aryl methyl sites for hydroxylation is 2. The zero-order chi connectivity index (χ0) is 15.9. The number of nitrogens with zero attached hydrogens (tertiary/aromatic N) is 1. The van der Waals surface area contributed by atoms with Gasteiger partial charge in [0, 0.05) is 10.9 Å². The summed E-state index contributed by atoms with van der Waals surface area (Å²) in [5.74, 6) is 1.12. The molecule has 1 atom stereocenters. The maximum atomic E-state index is 9.31. The van der Waals surface area contributed by atoms with E-state index >= 15 is 0 Å². The summed E-state index contributed by atoms with van der Waals surface area (Å²) in [6, 6.07) is 9.42. The summed E-state index contributed by atoms with van der Waals surface area (Å²) >= 11 is 1.91. The summed E-state index contributed by atoms with van der Waals surface area (Å²) in [5, 5.41) is 12.7. The normalized spacial score (nSPS) is 14.0. The Labute approximate surface area is 134 Å². The molecule has 0 aliphatic carbocycles. The van der Waals surface area contributed by atoms with Crippen LogP contribution in [-0.2, 0) is 0 Å². The van der Waals surface area contributed by atoms with E-state index in [0.717, 1.165) is 25.0 Å². The average Bonchev–Trinajstić information content (AvgIpc) is 2.41. The van der Waals surface area contributed by atoms with E-state index in [1.165, 1.54) is 16.0 Å². The second-order valence-electron chi connectivity index (χ2n) is 6.29. The first-order valence-electron chi connectivity index (χ1n) is 7.75. The zero-order valence-electron chi connectivity index (χ0n) is 14.0. The van der Waals surface area contributed by atoms with Gasteiger partial charge >= 0.3 is 0 Å². The maximum absolute atomic E-state index is 9.31. The van der Waals surface area contributed by atoms with Crippen LogP contribution in [0.15, 0.2) is 23.1 Å². The monoisotopic (exact) mass is 304 g/mol. The van der Waals surface area contributed by atoms with Crippen LogP contribution in [0.1, 0.15) is 51.2 Å². The summed E-state index contributed by atoms with van der Waals surface area (Å²) in [6.07, 6.45) is 3.14. The largest absolute Gasteiger partial charge is 0.297 e. The molecule has 2 nitrogen and oxygen atoms in total. The van der Waals surface area contributed by atoms with Gasteiger partial charge in [-0.25, -0.2) is 0 Å². The first-order valence-corrected chi connectivity index (χ1v) is 8.74. The van der Waals surface area contributed by atoms with Crippen LogP contribution in [-0.4, -0.2) is 17.3 Å². The lowest BCUT2D eigenvalue weighted by Gasteiger charge is -2.25. The van der Waals surface area contributed by atoms with E-state index in [1.54, 1.807) is 0 Å². The van der Waals surface area contributed by atoms with Gasteiger partial charge < -0.3 is 0 Å². The van der Waals surface area contributed by atoms with Crippen LogP contribution in [0.5, 0.6) is 0 Å². The van der Waals surface area contributed by atoms with Gasteiger partial charge in [0.2, 0.25) is 0 Å². The van der Waals surface area contributed by atoms with Gasteiger partial charge in [-0.2, -0.15) is 5.26 Å². The molecule has 0 aliphatic heterocycles. The number of nitriles is 1. The van der Waals surface area contributed by atoms with Crippen molar-refractivity contribution in [2.75, 3.05) is 5.75 Å². The molecule has 3 heteroatoms. The van der Waals surface area contributed by atoms with Crippen molar-refractivity contribution in [2.24, 2.45) is 0 Å². The lowest BCUT2D eigenvalue weighted by atomic mass is 9.96. The molecule has 1 rings (SSSR count). The molecule has 0 saturated carbocycles. The lowest BCUT2D eigenvalue weighted by Crippen LogP contribution is -2.44. The van der Waals surface area contributed by atoms with Crippen molar-refractivity contribution in [3.63, 3.8) is 0 Å². The van der Waals surface area contributed by atoms with Gasteiger partial charge in [0.05, 0.1) is 6.07 Å². The predicted molar refractivity (Wildman–Crippen MR) is 92.8 cm³/mol. The molecule has 0 fully saturated rings. The zero-order valence-corrected chi connectivity index (χ0v) is 14.8. The van der Waals surface area contributed by atoms with Crippen LogP contribution in [0.25, 0.3) is 0 Å². The van der Waals surface area contributed by atoms with Gasteiger partial charge in [-0.1, -0.05) is 6.07 Å². The van der Waals surface area contributed by atoms with Crippen LogP contribution < -0.4 is 5.32 Å². The van der Waals surface area contributed by atoms with Crippen molar-refractivity contribution in [1.29, 1.82) is 5.26 Å². The molecule has 21 heavy (non-hydrogen) atoms. The fourth-order valence-electron chi connectivity index (χ4n) is 2.37. The SMILES string of the molecule is Cc1ccc(SCCCCC(C)(C#N)NC(C)C)cc1C. The fraction of sp³-hybridized carbons (Fsp3) is 0.611. The third-order valence-electron chi connectivity index (χ3n) is 3.67. The van der Waals surface area contributed by atoms with Gasteiger partial charge in [0.25, 0.3) is 0 Å². The number of thioether (sulfide) groups is 1. The number of benzene rings is 1. The molecule has 1 aromatic carbocycles. The highest BCUT2D eigenvalue weighted by atomic mass is 32.2. The molecule has 0 amide bonds. The molecule has 0 heterocycles. The standard InChI is InChI=1S/C18H28N2S/c1-14(2)20-18(5,13-19)10-6-7-11-21-17-9-8-15(3)16(4)12-17/h8-9,12,14,20H,6-7,10-11H2,1-5H3. The van der Waals surface area contributed by atoms with Crippen LogP contribution in [0.4, 0.5) is 0 Å².